The molecule has 126 valence electrons. The molecule has 0 radical (unpaired) electrons. The van der Waals surface area contributed by atoms with Crippen LogP contribution in [-0.2, 0) is 4.43 Å². The molecule has 0 saturated carbocycles. The van der Waals surface area contributed by atoms with Crippen LogP contribution in [0.1, 0.15) is 34.1 Å². The lowest BCUT2D eigenvalue weighted by Crippen LogP contribution is -2.66. The van der Waals surface area contributed by atoms with Gasteiger partial charge < -0.3 is 4.43 Å². The van der Waals surface area contributed by atoms with Gasteiger partial charge in [-0.1, -0.05) is 88.4 Å². The van der Waals surface area contributed by atoms with Crippen LogP contribution in [0.15, 0.2) is 60.7 Å². The number of hydrogen-bond donors (Lipinski definition) is 0. The fraction of sp³-hybridized carbons (Fsp3) is 0.381. The van der Waals surface area contributed by atoms with E-state index < -0.39 is 8.32 Å². The maximum absolute atomic E-state index is 8.97. The van der Waals surface area contributed by atoms with Gasteiger partial charge in [-0.05, 0) is 21.3 Å². The second kappa shape index (κ2) is 7.79. The van der Waals surface area contributed by atoms with Gasteiger partial charge in [0.15, 0.2) is 0 Å². The first-order valence-corrected chi connectivity index (χ1v) is 10.4. The van der Waals surface area contributed by atoms with Gasteiger partial charge in [0, 0.05) is 13.0 Å². The highest BCUT2D eigenvalue weighted by molar-refractivity contribution is 6.99. The number of hydrogen-bond acceptors (Lipinski definition) is 2. The molecule has 0 heterocycles. The molecule has 0 bridgehead atoms. The summed E-state index contributed by atoms with van der Waals surface area (Å²) in [6, 6.07) is 23.5. The quantitative estimate of drug-likeness (QED) is 0.743. The Hall–Kier alpha value is -1.89. The van der Waals surface area contributed by atoms with Gasteiger partial charge in [0.25, 0.3) is 8.32 Å². The monoisotopic (exact) mass is 337 g/mol. The third-order valence-electron chi connectivity index (χ3n) is 4.44. The van der Waals surface area contributed by atoms with Gasteiger partial charge >= 0.3 is 0 Å². The molecule has 2 nitrogen and oxygen atoms in total. The Kier molecular flexibility index (Phi) is 5.98. The standard InChI is InChI=1S/C21H27NOSi/c1-18(15-16-22)17-23-24(21(2,3)4,19-11-7-5-8-12-19)20-13-9-6-10-14-20/h5-14,18H,15,17H2,1-4H3/t18-/m1/s1. The molecule has 24 heavy (non-hydrogen) atoms. The van der Waals surface area contributed by atoms with Gasteiger partial charge in [0.2, 0.25) is 0 Å². The van der Waals surface area contributed by atoms with E-state index in [2.05, 4.69) is 94.4 Å². The van der Waals surface area contributed by atoms with E-state index in [0.29, 0.717) is 13.0 Å². The lowest BCUT2D eigenvalue weighted by molar-refractivity contribution is 0.247. The minimum Gasteiger partial charge on any atom is -0.407 e. The lowest BCUT2D eigenvalue weighted by atomic mass is 10.1. The molecular formula is C21H27NOSi. The third-order valence-corrected chi connectivity index (χ3v) is 9.45. The van der Waals surface area contributed by atoms with Crippen LogP contribution < -0.4 is 10.4 Å². The Morgan fingerprint density at radius 1 is 0.958 bits per heavy atom. The van der Waals surface area contributed by atoms with Crippen molar-refractivity contribution in [2.75, 3.05) is 6.61 Å². The SMILES string of the molecule is C[C@H](CC#N)CO[Si](c1ccccc1)(c1ccccc1)C(C)(C)C. The van der Waals surface area contributed by atoms with Crippen LogP contribution in [0.4, 0.5) is 0 Å². The van der Waals surface area contributed by atoms with Crippen LogP contribution >= 0.6 is 0 Å². The Labute approximate surface area is 147 Å². The molecule has 1 atom stereocenters. The zero-order valence-corrected chi connectivity index (χ0v) is 16.1. The predicted octanol–water partition coefficient (Wildman–Crippen LogP) is 4.11. The van der Waals surface area contributed by atoms with E-state index in [1.807, 2.05) is 0 Å². The zero-order valence-electron chi connectivity index (χ0n) is 15.1. The molecule has 2 aromatic carbocycles. The molecule has 0 aliphatic rings. The topological polar surface area (TPSA) is 33.0 Å². The van der Waals surface area contributed by atoms with Gasteiger partial charge in [-0.3, -0.25) is 0 Å². The van der Waals surface area contributed by atoms with Gasteiger partial charge in [-0.2, -0.15) is 5.26 Å². The van der Waals surface area contributed by atoms with E-state index in [-0.39, 0.29) is 11.0 Å². The molecule has 0 amide bonds. The molecule has 0 aromatic heterocycles. The number of rotatable bonds is 6. The molecule has 0 aliphatic carbocycles. The van der Waals surface area contributed by atoms with E-state index in [9.17, 15) is 0 Å². The summed E-state index contributed by atoms with van der Waals surface area (Å²) in [6.07, 6.45) is 0.526. The smallest absolute Gasteiger partial charge is 0.261 e. The zero-order chi connectivity index (χ0) is 17.6. The second-order valence-electron chi connectivity index (χ2n) is 7.44. The lowest BCUT2D eigenvalue weighted by Gasteiger charge is -2.43. The van der Waals surface area contributed by atoms with Crippen molar-refractivity contribution >= 4 is 18.7 Å². The fourth-order valence-electron chi connectivity index (χ4n) is 3.24. The molecule has 0 unspecified atom stereocenters. The summed E-state index contributed by atoms with van der Waals surface area (Å²) in [5, 5.41) is 11.5. The van der Waals surface area contributed by atoms with E-state index in [1.54, 1.807) is 0 Å². The average Bonchev–Trinajstić information content (AvgIpc) is 2.56. The Balaban J connectivity index is 2.56. The van der Waals surface area contributed by atoms with Crippen molar-refractivity contribution < 1.29 is 4.43 Å². The van der Waals surface area contributed by atoms with Crippen LogP contribution in [0.3, 0.4) is 0 Å². The van der Waals surface area contributed by atoms with E-state index in [4.69, 9.17) is 9.69 Å². The van der Waals surface area contributed by atoms with Gasteiger partial charge in [-0.15, -0.1) is 0 Å². The first-order valence-electron chi connectivity index (χ1n) is 8.54. The summed E-state index contributed by atoms with van der Waals surface area (Å²) >= 11 is 0. The summed E-state index contributed by atoms with van der Waals surface area (Å²) in [6.45, 7) is 9.51. The van der Waals surface area contributed by atoms with Gasteiger partial charge in [0.05, 0.1) is 6.07 Å². The van der Waals surface area contributed by atoms with Crippen LogP contribution in [-0.4, -0.2) is 14.9 Å². The second-order valence-corrected chi connectivity index (χ2v) is 11.7. The Morgan fingerprint density at radius 3 is 1.79 bits per heavy atom. The van der Waals surface area contributed by atoms with Crippen LogP contribution in [0.2, 0.25) is 5.04 Å². The highest BCUT2D eigenvalue weighted by atomic mass is 28.4. The maximum Gasteiger partial charge on any atom is 0.261 e. The predicted molar refractivity (Wildman–Crippen MR) is 103 cm³/mol. The largest absolute Gasteiger partial charge is 0.407 e. The number of benzene rings is 2. The minimum atomic E-state index is -2.45. The molecule has 2 aromatic rings. The third kappa shape index (κ3) is 3.77. The van der Waals surface area contributed by atoms with Crippen molar-refractivity contribution in [1.82, 2.24) is 0 Å². The molecular weight excluding hydrogens is 310 g/mol. The van der Waals surface area contributed by atoms with Crippen molar-refractivity contribution in [3.05, 3.63) is 60.7 Å². The molecule has 0 spiro atoms. The molecule has 0 fully saturated rings. The molecule has 0 aliphatic heterocycles. The van der Waals surface area contributed by atoms with Crippen molar-refractivity contribution in [3.63, 3.8) is 0 Å². The summed E-state index contributed by atoms with van der Waals surface area (Å²) in [7, 11) is -2.45. The number of nitrogens with zero attached hydrogens (tertiary/aromatic N) is 1. The van der Waals surface area contributed by atoms with Gasteiger partial charge in [0.1, 0.15) is 0 Å². The average molecular weight is 338 g/mol. The normalized spacial score (nSPS) is 13.3. The Bertz CT molecular complexity index is 631. The highest BCUT2D eigenvalue weighted by Gasteiger charge is 2.50. The van der Waals surface area contributed by atoms with Crippen molar-refractivity contribution in [2.24, 2.45) is 5.92 Å². The van der Waals surface area contributed by atoms with Gasteiger partial charge in [-0.25, -0.2) is 0 Å². The first kappa shape index (κ1) is 18.4. The fourth-order valence-corrected chi connectivity index (χ4v) is 7.93. The summed E-state index contributed by atoms with van der Waals surface area (Å²) in [4.78, 5) is 0. The summed E-state index contributed by atoms with van der Waals surface area (Å²) in [5.41, 5.74) is 0. The highest BCUT2D eigenvalue weighted by Crippen LogP contribution is 2.37. The minimum absolute atomic E-state index is 0.0118. The van der Waals surface area contributed by atoms with Crippen molar-refractivity contribution in [3.8, 4) is 6.07 Å². The summed E-state index contributed by atoms with van der Waals surface area (Å²) < 4.78 is 6.77. The molecule has 0 N–H and O–H groups in total. The van der Waals surface area contributed by atoms with Crippen LogP contribution in [0, 0.1) is 17.2 Å². The number of nitriles is 1. The van der Waals surface area contributed by atoms with Crippen molar-refractivity contribution in [2.45, 2.75) is 39.2 Å². The van der Waals surface area contributed by atoms with Crippen molar-refractivity contribution in [1.29, 1.82) is 5.26 Å². The molecule has 2 rings (SSSR count). The van der Waals surface area contributed by atoms with Crippen LogP contribution in [0.25, 0.3) is 0 Å². The van der Waals surface area contributed by atoms with E-state index >= 15 is 0 Å². The Morgan fingerprint density at radius 2 is 1.42 bits per heavy atom. The molecule has 3 heteroatoms. The van der Waals surface area contributed by atoms with E-state index in [1.165, 1.54) is 10.4 Å². The van der Waals surface area contributed by atoms with E-state index in [0.717, 1.165) is 0 Å². The first-order chi connectivity index (χ1) is 11.4. The maximum atomic E-state index is 8.97. The molecule has 0 saturated heterocycles. The van der Waals surface area contributed by atoms with Crippen LogP contribution in [0.5, 0.6) is 0 Å². The summed E-state index contributed by atoms with van der Waals surface area (Å²) in [5.74, 6) is 0.233.